The van der Waals surface area contributed by atoms with Crippen LogP contribution in [-0.4, -0.2) is 49.1 Å². The maximum atomic E-state index is 12.7. The van der Waals surface area contributed by atoms with Crippen molar-refractivity contribution in [1.29, 1.82) is 0 Å². The van der Waals surface area contributed by atoms with Crippen molar-refractivity contribution in [1.82, 2.24) is 4.31 Å². The second kappa shape index (κ2) is 5.35. The maximum absolute atomic E-state index is 12.7. The molecule has 1 aliphatic carbocycles. The second-order valence-electron chi connectivity index (χ2n) is 5.41. The van der Waals surface area contributed by atoms with Crippen LogP contribution in [0.4, 0.5) is 0 Å². The number of ether oxygens (including phenoxy) is 1. The van der Waals surface area contributed by atoms with Crippen LogP contribution in [-0.2, 0) is 19.6 Å². The van der Waals surface area contributed by atoms with Gasteiger partial charge >= 0.3 is 5.97 Å². The Morgan fingerprint density at radius 2 is 2.14 bits per heavy atom. The number of hydrogen-bond donors (Lipinski definition) is 1. The lowest BCUT2D eigenvalue weighted by molar-refractivity contribution is -0.150. The summed E-state index contributed by atoms with van der Waals surface area (Å²) in [7, 11) is -3.78. The molecule has 116 valence electrons. The van der Waals surface area contributed by atoms with Crippen LogP contribution < -0.4 is 0 Å². The molecule has 0 spiro atoms. The number of carbonyl (C=O) groups is 1. The Morgan fingerprint density at radius 3 is 2.76 bits per heavy atom. The second-order valence-corrected chi connectivity index (χ2v) is 8.64. The molecule has 1 saturated heterocycles. The van der Waals surface area contributed by atoms with E-state index in [9.17, 15) is 18.3 Å². The van der Waals surface area contributed by atoms with E-state index in [1.165, 1.54) is 11.3 Å². The van der Waals surface area contributed by atoms with E-state index in [4.69, 9.17) is 4.74 Å². The van der Waals surface area contributed by atoms with Gasteiger partial charge in [-0.1, -0.05) is 0 Å². The number of carboxylic acid groups (broad SMARTS) is 1. The number of hydrogen-bond acceptors (Lipinski definition) is 5. The largest absolute Gasteiger partial charge is 0.480 e. The predicted molar refractivity (Wildman–Crippen MR) is 77.0 cm³/mol. The van der Waals surface area contributed by atoms with Gasteiger partial charge in [-0.2, -0.15) is 4.31 Å². The highest BCUT2D eigenvalue weighted by Crippen LogP contribution is 2.44. The summed E-state index contributed by atoms with van der Waals surface area (Å²) in [5.41, 5.74) is 0. The van der Waals surface area contributed by atoms with Crippen molar-refractivity contribution in [3.63, 3.8) is 0 Å². The molecule has 8 heteroatoms. The molecule has 2 heterocycles. The van der Waals surface area contributed by atoms with E-state index >= 15 is 0 Å². The first-order chi connectivity index (χ1) is 9.91. The van der Waals surface area contributed by atoms with Crippen LogP contribution >= 0.6 is 11.3 Å². The van der Waals surface area contributed by atoms with E-state index < -0.39 is 28.1 Å². The fourth-order valence-electron chi connectivity index (χ4n) is 2.56. The van der Waals surface area contributed by atoms with Crippen molar-refractivity contribution in [2.45, 2.75) is 42.0 Å². The molecule has 0 aromatic carbocycles. The van der Waals surface area contributed by atoms with Gasteiger partial charge in [0.05, 0.1) is 12.7 Å². The minimum absolute atomic E-state index is 0.0697. The van der Waals surface area contributed by atoms with Gasteiger partial charge < -0.3 is 9.84 Å². The normalized spacial score (nSPS) is 27.7. The van der Waals surface area contributed by atoms with Crippen molar-refractivity contribution >= 4 is 27.3 Å². The smallest absolute Gasteiger partial charge is 0.324 e. The van der Waals surface area contributed by atoms with Gasteiger partial charge in [0, 0.05) is 11.4 Å². The Balaban J connectivity index is 1.92. The van der Waals surface area contributed by atoms with E-state index in [1.807, 2.05) is 6.07 Å². The van der Waals surface area contributed by atoms with Crippen LogP contribution in [0.5, 0.6) is 0 Å². The van der Waals surface area contributed by atoms with Gasteiger partial charge in [0.1, 0.15) is 10.3 Å². The highest BCUT2D eigenvalue weighted by atomic mass is 32.2. The Labute approximate surface area is 127 Å². The summed E-state index contributed by atoms with van der Waals surface area (Å²) in [5.74, 6) is -0.692. The molecule has 0 radical (unpaired) electrons. The first kappa shape index (κ1) is 15.0. The number of aliphatic carboxylic acids is 1. The Hall–Kier alpha value is -0.960. The van der Waals surface area contributed by atoms with Crippen molar-refractivity contribution in [2.75, 3.05) is 13.2 Å². The molecule has 6 nitrogen and oxygen atoms in total. The molecule has 0 amide bonds. The van der Waals surface area contributed by atoms with E-state index in [-0.39, 0.29) is 17.4 Å². The number of thiophene rings is 1. The lowest BCUT2D eigenvalue weighted by atomic mass is 10.1. The Kier molecular flexibility index (Phi) is 3.81. The molecule has 1 saturated carbocycles. The third kappa shape index (κ3) is 2.73. The zero-order valence-corrected chi connectivity index (χ0v) is 13.2. The van der Waals surface area contributed by atoms with Gasteiger partial charge in [0.25, 0.3) is 10.0 Å². The average molecular weight is 331 g/mol. The van der Waals surface area contributed by atoms with Gasteiger partial charge in [-0.25, -0.2) is 8.42 Å². The van der Waals surface area contributed by atoms with Crippen LogP contribution in [0.15, 0.2) is 16.3 Å². The van der Waals surface area contributed by atoms with E-state index in [0.717, 1.165) is 22.0 Å². The fourth-order valence-corrected chi connectivity index (χ4v) is 5.81. The first-order valence-electron chi connectivity index (χ1n) is 6.87. The molecule has 1 aromatic rings. The van der Waals surface area contributed by atoms with E-state index in [2.05, 4.69) is 0 Å². The standard InChI is InChI=1S/C13H17NO5S2/c1-8-12(13(15)16)14(6-7-19-8)21(17,18)11-5-4-10(20-11)9-2-3-9/h4-5,8-9,12H,2-3,6-7H2,1H3,(H,15,16)/t8-,12+/m0/s1. The third-order valence-electron chi connectivity index (χ3n) is 3.85. The summed E-state index contributed by atoms with van der Waals surface area (Å²) in [5, 5.41) is 9.31. The lowest BCUT2D eigenvalue weighted by Gasteiger charge is -2.35. The third-order valence-corrected chi connectivity index (χ3v) is 7.44. The molecule has 21 heavy (non-hydrogen) atoms. The summed E-state index contributed by atoms with van der Waals surface area (Å²) < 4.78 is 32.0. The van der Waals surface area contributed by atoms with Crippen LogP contribution in [0.25, 0.3) is 0 Å². The molecule has 1 aromatic heterocycles. The average Bonchev–Trinajstić information content (AvgIpc) is 3.15. The number of carboxylic acids is 1. The monoisotopic (exact) mass is 331 g/mol. The molecular formula is C13H17NO5S2. The molecule has 3 rings (SSSR count). The zero-order chi connectivity index (χ0) is 15.2. The number of rotatable bonds is 4. The topological polar surface area (TPSA) is 83.9 Å². The van der Waals surface area contributed by atoms with E-state index in [0.29, 0.717) is 5.92 Å². The van der Waals surface area contributed by atoms with Gasteiger partial charge in [-0.3, -0.25) is 4.79 Å². The fraction of sp³-hybridized carbons (Fsp3) is 0.615. The number of nitrogens with zero attached hydrogens (tertiary/aromatic N) is 1. The number of sulfonamides is 1. The maximum Gasteiger partial charge on any atom is 0.324 e. The van der Waals surface area contributed by atoms with Gasteiger partial charge in [-0.15, -0.1) is 11.3 Å². The molecule has 1 aliphatic heterocycles. The highest BCUT2D eigenvalue weighted by Gasteiger charge is 2.43. The Morgan fingerprint density at radius 1 is 1.43 bits per heavy atom. The van der Waals surface area contributed by atoms with Gasteiger partial charge in [0.15, 0.2) is 0 Å². The molecule has 2 atom stereocenters. The minimum Gasteiger partial charge on any atom is -0.480 e. The molecule has 0 unspecified atom stereocenters. The van der Waals surface area contributed by atoms with Gasteiger partial charge in [0.2, 0.25) is 0 Å². The van der Waals surface area contributed by atoms with Gasteiger partial charge in [-0.05, 0) is 37.8 Å². The zero-order valence-electron chi connectivity index (χ0n) is 11.6. The van der Waals surface area contributed by atoms with Crippen LogP contribution in [0.3, 0.4) is 0 Å². The summed E-state index contributed by atoms with van der Waals surface area (Å²) in [4.78, 5) is 12.5. The minimum atomic E-state index is -3.78. The molecule has 2 fully saturated rings. The highest BCUT2D eigenvalue weighted by molar-refractivity contribution is 7.91. The molecule has 1 N–H and O–H groups in total. The van der Waals surface area contributed by atoms with Crippen molar-refractivity contribution in [3.8, 4) is 0 Å². The SMILES string of the molecule is C[C@@H]1OCCN(S(=O)(=O)c2ccc(C3CC3)s2)[C@H]1C(=O)O. The summed E-state index contributed by atoms with van der Waals surface area (Å²) in [6.45, 7) is 1.87. The summed E-state index contributed by atoms with van der Waals surface area (Å²) >= 11 is 1.26. The van der Waals surface area contributed by atoms with Crippen molar-refractivity contribution in [2.24, 2.45) is 0 Å². The van der Waals surface area contributed by atoms with E-state index in [1.54, 1.807) is 13.0 Å². The summed E-state index contributed by atoms with van der Waals surface area (Å²) in [6, 6.07) is 2.26. The lowest BCUT2D eigenvalue weighted by Crippen LogP contribution is -2.56. The van der Waals surface area contributed by atoms with Crippen molar-refractivity contribution < 1.29 is 23.1 Å². The van der Waals surface area contributed by atoms with Crippen molar-refractivity contribution in [3.05, 3.63) is 17.0 Å². The quantitative estimate of drug-likeness (QED) is 0.903. The number of morpholine rings is 1. The van der Waals surface area contributed by atoms with Crippen LogP contribution in [0.1, 0.15) is 30.6 Å². The molecular weight excluding hydrogens is 314 g/mol. The Bertz CT molecular complexity index is 649. The van der Waals surface area contributed by atoms with Crippen LogP contribution in [0.2, 0.25) is 0 Å². The van der Waals surface area contributed by atoms with Crippen LogP contribution in [0, 0.1) is 0 Å². The predicted octanol–water partition coefficient (Wildman–Crippen LogP) is 1.49. The molecule has 0 bridgehead atoms. The molecule has 2 aliphatic rings. The first-order valence-corrected chi connectivity index (χ1v) is 9.13. The summed E-state index contributed by atoms with van der Waals surface area (Å²) in [6.07, 6.45) is 1.55.